The van der Waals surface area contributed by atoms with Gasteiger partial charge in [0.05, 0.1) is 13.2 Å². The first kappa shape index (κ1) is 20.2. The first-order valence-corrected chi connectivity index (χ1v) is 9.45. The van der Waals surface area contributed by atoms with Crippen molar-refractivity contribution in [1.82, 2.24) is 20.9 Å². The number of amides is 1. The van der Waals surface area contributed by atoms with E-state index in [4.69, 9.17) is 4.74 Å². The van der Waals surface area contributed by atoms with E-state index in [0.29, 0.717) is 18.7 Å². The zero-order valence-corrected chi connectivity index (χ0v) is 15.7. The van der Waals surface area contributed by atoms with E-state index in [0.717, 1.165) is 58.3 Å². The van der Waals surface area contributed by atoms with Crippen molar-refractivity contribution in [3.63, 3.8) is 0 Å². The molecule has 1 aliphatic heterocycles. The van der Waals surface area contributed by atoms with E-state index in [2.05, 4.69) is 32.8 Å². The average molecular weight is 361 g/mol. The summed E-state index contributed by atoms with van der Waals surface area (Å²) in [6.45, 7) is 9.65. The van der Waals surface area contributed by atoms with Gasteiger partial charge in [0, 0.05) is 51.4 Å². The average Bonchev–Trinajstić information content (AvgIpc) is 2.69. The predicted octanol–water partition coefficient (Wildman–Crippen LogP) is 0.694. The summed E-state index contributed by atoms with van der Waals surface area (Å²) < 4.78 is 5.36. The maximum absolute atomic E-state index is 12.0. The number of morpholine rings is 1. The molecule has 2 rings (SSSR count). The van der Waals surface area contributed by atoms with Crippen LogP contribution in [0.2, 0.25) is 0 Å². The predicted molar refractivity (Wildman–Crippen MR) is 105 cm³/mol. The molecule has 0 saturated carbocycles. The molecule has 1 aromatic carbocycles. The molecule has 144 valence electrons. The van der Waals surface area contributed by atoms with Crippen molar-refractivity contribution < 1.29 is 9.53 Å². The maximum Gasteiger partial charge on any atom is 0.251 e. The molecule has 7 heteroatoms. The Labute approximate surface area is 156 Å². The molecule has 1 fully saturated rings. The molecule has 26 heavy (non-hydrogen) atoms. The van der Waals surface area contributed by atoms with Gasteiger partial charge in [0.2, 0.25) is 0 Å². The molecule has 1 saturated heterocycles. The van der Waals surface area contributed by atoms with E-state index >= 15 is 0 Å². The Bertz CT molecular complexity index is 544. The van der Waals surface area contributed by atoms with Crippen molar-refractivity contribution in [1.29, 1.82) is 0 Å². The molecule has 0 aliphatic carbocycles. The lowest BCUT2D eigenvalue weighted by molar-refractivity contribution is 0.0389. The fraction of sp³-hybridized carbons (Fsp3) is 0.579. The number of hydrogen-bond acceptors (Lipinski definition) is 4. The van der Waals surface area contributed by atoms with Crippen molar-refractivity contribution in [2.45, 2.75) is 13.3 Å². The SMILES string of the molecule is CCNC(=NCCCNC(=O)c1ccccc1)NCCN1CCOCC1. The van der Waals surface area contributed by atoms with Crippen LogP contribution < -0.4 is 16.0 Å². The summed E-state index contributed by atoms with van der Waals surface area (Å²) in [7, 11) is 0. The lowest BCUT2D eigenvalue weighted by Gasteiger charge is -2.26. The monoisotopic (exact) mass is 361 g/mol. The van der Waals surface area contributed by atoms with Gasteiger partial charge in [0.15, 0.2) is 5.96 Å². The van der Waals surface area contributed by atoms with Gasteiger partial charge in [0.1, 0.15) is 0 Å². The third-order valence-electron chi connectivity index (χ3n) is 4.09. The summed E-state index contributed by atoms with van der Waals surface area (Å²) in [5, 5.41) is 9.54. The third-order valence-corrected chi connectivity index (χ3v) is 4.09. The van der Waals surface area contributed by atoms with Gasteiger partial charge in [-0.1, -0.05) is 18.2 Å². The molecular weight excluding hydrogens is 330 g/mol. The van der Waals surface area contributed by atoms with Crippen LogP contribution in [0.25, 0.3) is 0 Å². The van der Waals surface area contributed by atoms with E-state index in [1.807, 2.05) is 30.3 Å². The van der Waals surface area contributed by atoms with Crippen LogP contribution in [-0.2, 0) is 4.74 Å². The number of nitrogens with one attached hydrogen (secondary N) is 3. The van der Waals surface area contributed by atoms with E-state index < -0.39 is 0 Å². The fourth-order valence-electron chi connectivity index (χ4n) is 2.66. The Morgan fingerprint density at radius 2 is 1.88 bits per heavy atom. The molecule has 1 aromatic rings. The summed E-state index contributed by atoms with van der Waals surface area (Å²) in [5.41, 5.74) is 0.689. The Morgan fingerprint density at radius 1 is 1.12 bits per heavy atom. The lowest BCUT2D eigenvalue weighted by Crippen LogP contribution is -2.44. The van der Waals surface area contributed by atoms with Gasteiger partial charge in [-0.15, -0.1) is 0 Å². The second-order valence-corrected chi connectivity index (χ2v) is 6.12. The second-order valence-electron chi connectivity index (χ2n) is 6.12. The van der Waals surface area contributed by atoms with Crippen LogP contribution in [-0.4, -0.2) is 75.8 Å². The van der Waals surface area contributed by atoms with Crippen LogP contribution in [0.3, 0.4) is 0 Å². The van der Waals surface area contributed by atoms with Crippen molar-refractivity contribution in [2.24, 2.45) is 4.99 Å². The van der Waals surface area contributed by atoms with Gasteiger partial charge in [-0.05, 0) is 25.5 Å². The molecule has 0 aromatic heterocycles. The quantitative estimate of drug-likeness (QED) is 0.343. The normalized spacial score (nSPS) is 15.5. The van der Waals surface area contributed by atoms with Gasteiger partial charge in [-0.25, -0.2) is 0 Å². The Balaban J connectivity index is 1.62. The van der Waals surface area contributed by atoms with Gasteiger partial charge in [-0.3, -0.25) is 14.7 Å². The summed E-state index contributed by atoms with van der Waals surface area (Å²) in [5.74, 6) is 0.792. The number of benzene rings is 1. The number of ether oxygens (including phenoxy) is 1. The van der Waals surface area contributed by atoms with Gasteiger partial charge in [-0.2, -0.15) is 0 Å². The summed E-state index contributed by atoms with van der Waals surface area (Å²) in [6, 6.07) is 9.26. The first-order valence-electron chi connectivity index (χ1n) is 9.45. The van der Waals surface area contributed by atoms with Gasteiger partial charge < -0.3 is 20.7 Å². The highest BCUT2D eigenvalue weighted by Crippen LogP contribution is 1.97. The minimum absolute atomic E-state index is 0.0369. The Hall–Kier alpha value is -2.12. The van der Waals surface area contributed by atoms with Gasteiger partial charge in [0.25, 0.3) is 5.91 Å². The van der Waals surface area contributed by atoms with E-state index in [1.54, 1.807) is 0 Å². The molecule has 0 unspecified atom stereocenters. The number of nitrogens with zero attached hydrogens (tertiary/aromatic N) is 2. The standard InChI is InChI=1S/C19H31N5O2/c1-2-20-19(23-11-12-24-13-15-26-16-14-24)22-10-6-9-21-18(25)17-7-4-3-5-8-17/h3-5,7-8H,2,6,9-16H2,1H3,(H,21,25)(H2,20,22,23). The molecule has 7 nitrogen and oxygen atoms in total. The molecule has 3 N–H and O–H groups in total. The van der Waals surface area contributed by atoms with E-state index in [-0.39, 0.29) is 5.91 Å². The molecule has 0 bridgehead atoms. The number of rotatable bonds is 9. The van der Waals surface area contributed by atoms with Crippen LogP contribution in [0, 0.1) is 0 Å². The number of guanidine groups is 1. The zero-order chi connectivity index (χ0) is 18.5. The van der Waals surface area contributed by atoms with Crippen molar-refractivity contribution >= 4 is 11.9 Å². The molecule has 0 atom stereocenters. The van der Waals surface area contributed by atoms with Crippen LogP contribution in [0.4, 0.5) is 0 Å². The highest BCUT2D eigenvalue weighted by Gasteiger charge is 2.09. The van der Waals surface area contributed by atoms with Crippen LogP contribution >= 0.6 is 0 Å². The summed E-state index contributed by atoms with van der Waals surface area (Å²) in [4.78, 5) is 18.9. The Kier molecular flexibility index (Phi) is 9.53. The minimum atomic E-state index is -0.0369. The van der Waals surface area contributed by atoms with Crippen molar-refractivity contribution in [3.05, 3.63) is 35.9 Å². The van der Waals surface area contributed by atoms with E-state index in [9.17, 15) is 4.79 Å². The van der Waals surface area contributed by atoms with Crippen LogP contribution in [0.15, 0.2) is 35.3 Å². The topological polar surface area (TPSA) is 78.0 Å². The number of hydrogen-bond donors (Lipinski definition) is 3. The third kappa shape index (κ3) is 7.84. The second kappa shape index (κ2) is 12.3. The van der Waals surface area contributed by atoms with Crippen LogP contribution in [0.1, 0.15) is 23.7 Å². The van der Waals surface area contributed by atoms with Crippen molar-refractivity contribution in [3.8, 4) is 0 Å². The minimum Gasteiger partial charge on any atom is -0.379 e. The number of carbonyl (C=O) groups is 1. The summed E-state index contributed by atoms with van der Waals surface area (Å²) >= 11 is 0. The molecule has 0 spiro atoms. The largest absolute Gasteiger partial charge is 0.379 e. The van der Waals surface area contributed by atoms with E-state index in [1.165, 1.54) is 0 Å². The van der Waals surface area contributed by atoms with Gasteiger partial charge >= 0.3 is 0 Å². The molecular formula is C19H31N5O2. The highest BCUT2D eigenvalue weighted by molar-refractivity contribution is 5.94. The number of carbonyl (C=O) groups excluding carboxylic acids is 1. The number of aliphatic imine (C=N–C) groups is 1. The van der Waals surface area contributed by atoms with Crippen LogP contribution in [0.5, 0.6) is 0 Å². The molecule has 0 radical (unpaired) electrons. The summed E-state index contributed by atoms with van der Waals surface area (Å²) in [6.07, 6.45) is 0.804. The zero-order valence-electron chi connectivity index (χ0n) is 15.7. The maximum atomic E-state index is 12.0. The smallest absolute Gasteiger partial charge is 0.251 e. The molecule has 1 aliphatic rings. The fourth-order valence-corrected chi connectivity index (χ4v) is 2.66. The first-order chi connectivity index (χ1) is 12.8. The molecule has 1 amide bonds. The highest BCUT2D eigenvalue weighted by atomic mass is 16.5. The van der Waals surface area contributed by atoms with Crippen molar-refractivity contribution in [2.75, 3.05) is 59.0 Å². The lowest BCUT2D eigenvalue weighted by atomic mass is 10.2. The molecule has 1 heterocycles. The Morgan fingerprint density at radius 3 is 2.62 bits per heavy atom.